The second kappa shape index (κ2) is 9.26. The van der Waals surface area contributed by atoms with Crippen LogP contribution >= 0.6 is 11.6 Å². The van der Waals surface area contributed by atoms with Crippen LogP contribution in [0, 0.1) is 12.8 Å². The second-order valence-corrected chi connectivity index (χ2v) is 8.21. The van der Waals surface area contributed by atoms with Crippen molar-refractivity contribution >= 4 is 23.3 Å². The number of piperidine rings is 1. The average molecular weight is 421 g/mol. The molecule has 0 bridgehead atoms. The Kier molecular flexibility index (Phi) is 6.29. The third-order valence-electron chi connectivity index (χ3n) is 5.46. The maximum Gasteiger partial charge on any atom is 0.225 e. The van der Waals surface area contributed by atoms with Crippen LogP contribution in [-0.4, -0.2) is 29.2 Å². The molecule has 6 heteroatoms. The van der Waals surface area contributed by atoms with Crippen LogP contribution in [0.5, 0.6) is 0 Å². The van der Waals surface area contributed by atoms with Gasteiger partial charge in [0.1, 0.15) is 0 Å². The summed E-state index contributed by atoms with van der Waals surface area (Å²) in [5, 5.41) is 12.6. The molecule has 1 amide bonds. The van der Waals surface area contributed by atoms with Crippen molar-refractivity contribution < 1.29 is 4.79 Å². The second-order valence-electron chi connectivity index (χ2n) is 7.78. The Hall–Kier alpha value is -2.92. The molecule has 1 aromatic heterocycles. The van der Waals surface area contributed by atoms with Gasteiger partial charge in [0, 0.05) is 30.2 Å². The van der Waals surface area contributed by atoms with Crippen LogP contribution in [0.4, 0.5) is 5.82 Å². The first-order chi connectivity index (χ1) is 14.6. The van der Waals surface area contributed by atoms with Crippen LogP contribution in [0.3, 0.4) is 0 Å². The fourth-order valence-corrected chi connectivity index (χ4v) is 3.91. The van der Waals surface area contributed by atoms with Crippen molar-refractivity contribution in [3.8, 4) is 11.3 Å². The van der Waals surface area contributed by atoms with E-state index in [-0.39, 0.29) is 11.8 Å². The Morgan fingerprint density at radius 2 is 1.97 bits per heavy atom. The molecule has 3 aromatic rings. The number of halogens is 1. The Labute approximate surface area is 182 Å². The molecular formula is C24H25ClN4O. The lowest BCUT2D eigenvalue weighted by Gasteiger charge is -2.32. The Balaban J connectivity index is 1.37. The summed E-state index contributed by atoms with van der Waals surface area (Å²) in [6.45, 7) is 4.12. The van der Waals surface area contributed by atoms with E-state index in [0.29, 0.717) is 18.1 Å². The van der Waals surface area contributed by atoms with Crippen molar-refractivity contribution in [3.05, 3.63) is 76.8 Å². The number of amides is 1. The number of hydrogen-bond acceptors (Lipinski definition) is 4. The lowest BCUT2D eigenvalue weighted by atomic mass is 9.97. The molecule has 0 radical (unpaired) electrons. The van der Waals surface area contributed by atoms with Crippen LogP contribution in [0.15, 0.2) is 60.7 Å². The van der Waals surface area contributed by atoms with Gasteiger partial charge in [-0.25, -0.2) is 0 Å². The highest BCUT2D eigenvalue weighted by molar-refractivity contribution is 6.30. The third-order valence-corrected chi connectivity index (χ3v) is 5.71. The Bertz CT molecular complexity index is 1000. The van der Waals surface area contributed by atoms with E-state index in [4.69, 9.17) is 11.6 Å². The molecule has 2 aromatic carbocycles. The van der Waals surface area contributed by atoms with Gasteiger partial charge in [-0.05, 0) is 55.7 Å². The Morgan fingerprint density at radius 1 is 1.13 bits per heavy atom. The van der Waals surface area contributed by atoms with E-state index in [1.54, 1.807) is 0 Å². The van der Waals surface area contributed by atoms with Crippen LogP contribution in [0.25, 0.3) is 11.3 Å². The van der Waals surface area contributed by atoms with Gasteiger partial charge in [0.2, 0.25) is 5.91 Å². The molecule has 1 aliphatic rings. The first kappa shape index (κ1) is 20.4. The predicted octanol–water partition coefficient (Wildman–Crippen LogP) is 4.64. The zero-order valence-corrected chi connectivity index (χ0v) is 17.8. The van der Waals surface area contributed by atoms with E-state index >= 15 is 0 Å². The van der Waals surface area contributed by atoms with Gasteiger partial charge >= 0.3 is 0 Å². The number of hydrogen-bond donors (Lipinski definition) is 1. The van der Waals surface area contributed by atoms with Gasteiger partial charge < -0.3 is 10.2 Å². The molecule has 1 saturated heterocycles. The van der Waals surface area contributed by atoms with Crippen molar-refractivity contribution in [2.45, 2.75) is 26.3 Å². The molecule has 0 spiro atoms. The number of carbonyl (C=O) groups excluding carboxylic acids is 1. The number of aromatic nitrogens is 2. The monoisotopic (exact) mass is 420 g/mol. The zero-order chi connectivity index (χ0) is 20.9. The summed E-state index contributed by atoms with van der Waals surface area (Å²) in [6.07, 6.45) is 1.85. The first-order valence-electron chi connectivity index (χ1n) is 10.3. The number of aryl methyl sites for hydroxylation is 1. The van der Waals surface area contributed by atoms with E-state index in [1.165, 1.54) is 5.56 Å². The summed E-state index contributed by atoms with van der Waals surface area (Å²) in [5.74, 6) is 0.852. The molecule has 4 rings (SSSR count). The summed E-state index contributed by atoms with van der Waals surface area (Å²) in [7, 11) is 0. The van der Waals surface area contributed by atoms with Gasteiger partial charge in [0.25, 0.3) is 0 Å². The van der Waals surface area contributed by atoms with Crippen molar-refractivity contribution in [2.24, 2.45) is 5.92 Å². The molecule has 30 heavy (non-hydrogen) atoms. The first-order valence-corrected chi connectivity index (χ1v) is 10.6. The van der Waals surface area contributed by atoms with E-state index < -0.39 is 0 Å². The molecule has 2 heterocycles. The van der Waals surface area contributed by atoms with Crippen LogP contribution in [0.2, 0.25) is 5.02 Å². The smallest absolute Gasteiger partial charge is 0.225 e. The molecule has 1 aliphatic heterocycles. The van der Waals surface area contributed by atoms with Gasteiger partial charge in [0.15, 0.2) is 5.82 Å². The van der Waals surface area contributed by atoms with Gasteiger partial charge in [0.05, 0.1) is 11.6 Å². The topological polar surface area (TPSA) is 58.1 Å². The van der Waals surface area contributed by atoms with E-state index in [0.717, 1.165) is 42.0 Å². The molecule has 0 aliphatic carbocycles. The lowest BCUT2D eigenvalue weighted by molar-refractivity contribution is -0.125. The maximum atomic E-state index is 12.7. The molecule has 154 valence electrons. The standard InChI is InChI=1S/C24H25ClN4O/c1-17-4-2-5-19(14-17)22-11-12-23(28-27-22)29-13-3-6-20(16-29)24(30)26-15-18-7-9-21(25)10-8-18/h2,4-5,7-12,14,20H,3,6,13,15-16H2,1H3,(H,26,30)/t20-/m1/s1. The van der Waals surface area contributed by atoms with Crippen LogP contribution in [0.1, 0.15) is 24.0 Å². The van der Waals surface area contributed by atoms with Crippen molar-refractivity contribution in [2.75, 3.05) is 18.0 Å². The minimum absolute atomic E-state index is 0.0516. The van der Waals surface area contributed by atoms with Crippen molar-refractivity contribution in [1.29, 1.82) is 0 Å². The van der Waals surface area contributed by atoms with E-state index in [9.17, 15) is 4.79 Å². The Morgan fingerprint density at radius 3 is 2.70 bits per heavy atom. The minimum atomic E-state index is -0.0516. The molecule has 1 atom stereocenters. The van der Waals surface area contributed by atoms with Gasteiger partial charge in [-0.3, -0.25) is 4.79 Å². The largest absolute Gasteiger partial charge is 0.354 e. The lowest BCUT2D eigenvalue weighted by Crippen LogP contribution is -2.43. The number of benzene rings is 2. The maximum absolute atomic E-state index is 12.7. The highest BCUT2D eigenvalue weighted by Gasteiger charge is 2.26. The third kappa shape index (κ3) is 4.97. The highest BCUT2D eigenvalue weighted by Crippen LogP contribution is 2.24. The van der Waals surface area contributed by atoms with Gasteiger partial charge in [-0.15, -0.1) is 10.2 Å². The normalized spacial score (nSPS) is 16.3. The fourth-order valence-electron chi connectivity index (χ4n) is 3.79. The number of carbonyl (C=O) groups is 1. The highest BCUT2D eigenvalue weighted by atomic mass is 35.5. The molecule has 1 N–H and O–H groups in total. The quantitative estimate of drug-likeness (QED) is 0.653. The summed E-state index contributed by atoms with van der Waals surface area (Å²) in [6, 6.07) is 19.8. The summed E-state index contributed by atoms with van der Waals surface area (Å²) >= 11 is 5.92. The molecular weight excluding hydrogens is 396 g/mol. The molecule has 0 saturated carbocycles. The number of anilines is 1. The fraction of sp³-hybridized carbons (Fsp3) is 0.292. The van der Waals surface area contributed by atoms with Crippen LogP contribution < -0.4 is 10.2 Å². The molecule has 0 unspecified atom stereocenters. The zero-order valence-electron chi connectivity index (χ0n) is 17.0. The van der Waals surface area contributed by atoms with Gasteiger partial charge in [-0.1, -0.05) is 47.5 Å². The number of rotatable bonds is 5. The SMILES string of the molecule is Cc1cccc(-c2ccc(N3CCC[C@@H](C(=O)NCc4ccc(Cl)cc4)C3)nn2)c1. The summed E-state index contributed by atoms with van der Waals surface area (Å²) in [5.41, 5.74) is 4.16. The van der Waals surface area contributed by atoms with E-state index in [1.807, 2.05) is 48.5 Å². The molecule has 1 fully saturated rings. The van der Waals surface area contributed by atoms with Crippen molar-refractivity contribution in [1.82, 2.24) is 15.5 Å². The summed E-state index contributed by atoms with van der Waals surface area (Å²) in [4.78, 5) is 14.8. The predicted molar refractivity (Wildman–Crippen MR) is 120 cm³/mol. The summed E-state index contributed by atoms with van der Waals surface area (Å²) < 4.78 is 0. The minimum Gasteiger partial charge on any atom is -0.354 e. The number of nitrogens with zero attached hydrogens (tertiary/aromatic N) is 3. The van der Waals surface area contributed by atoms with Gasteiger partial charge in [-0.2, -0.15) is 0 Å². The molecule has 5 nitrogen and oxygen atoms in total. The number of nitrogens with one attached hydrogen (secondary N) is 1. The van der Waals surface area contributed by atoms with E-state index in [2.05, 4.69) is 39.5 Å². The van der Waals surface area contributed by atoms with Crippen LogP contribution in [-0.2, 0) is 11.3 Å². The van der Waals surface area contributed by atoms with Crippen molar-refractivity contribution in [3.63, 3.8) is 0 Å². The average Bonchev–Trinajstić information content (AvgIpc) is 2.79.